The van der Waals surface area contributed by atoms with Crippen LogP contribution in [-0.2, 0) is 40.0 Å². The van der Waals surface area contributed by atoms with E-state index in [1.807, 2.05) is 24.3 Å². The fraction of sp³-hybridized carbons (Fsp3) is 0.263. The number of allylic oxidation sites excluding steroid dienone is 6. The molecular formula is C57H57N3O7S. The fourth-order valence-corrected chi connectivity index (χ4v) is 11.3. The van der Waals surface area contributed by atoms with Crippen LogP contribution in [0.1, 0.15) is 65.5 Å². The van der Waals surface area contributed by atoms with E-state index in [0.717, 1.165) is 63.5 Å². The minimum atomic E-state index is -4.41. The van der Waals surface area contributed by atoms with Crippen molar-refractivity contribution in [3.63, 3.8) is 0 Å². The standard InChI is InChI=1S/C57H57N3O7S/c1-38(61)66-35-33-58-49-29-23-40-15-13-14-20-47(40)53(49)56(3,4)51(58)31-25-41-21-22-42(55(41)60(44-16-9-7-10-17-44)45-18-11-8-12-19-45)26-32-52-57(5,6)54-48-28-27-46(68(63,64)65)37-43(48)24-30-50(54)59(52)34-36-67-39(2)62/h7-20,23-32,37,51H,21-22,33-36H2,1-6H3,(H,63,64,65)/b31-25+,42-26+,52-32+. The van der Waals surface area contributed by atoms with Crippen LogP contribution in [0.2, 0.25) is 0 Å². The number of para-hydroxylation sites is 2. The van der Waals surface area contributed by atoms with Crippen molar-refractivity contribution in [3.05, 3.63) is 185 Å². The zero-order valence-electron chi connectivity index (χ0n) is 39.4. The second-order valence-electron chi connectivity index (χ2n) is 18.8. The Hall–Kier alpha value is -6.95. The molecule has 2 heterocycles. The molecule has 0 saturated carbocycles. The second kappa shape index (κ2) is 18.3. The lowest BCUT2D eigenvalue weighted by atomic mass is 9.78. The number of nitrogens with zero attached hydrogens (tertiary/aromatic N) is 3. The van der Waals surface area contributed by atoms with Gasteiger partial charge in [0.05, 0.1) is 29.7 Å². The largest absolute Gasteiger partial charge is 0.464 e. The SMILES string of the molecule is CC(=O)OCCN1/C(=C/C=C2\CCC(/C=C/C3N(CCOC(C)=O)c4ccc5ccccc5c4C3(C)C)=C2N(c2ccccc2)c2ccccc2)C(C)(C)c2c1ccc1cc(S(=O)(=O)O)ccc21. The summed E-state index contributed by atoms with van der Waals surface area (Å²) in [6.45, 7) is 13.2. The molecule has 3 aliphatic rings. The molecule has 9 rings (SSSR count). The maximum absolute atomic E-state index is 12.2. The number of esters is 2. The molecule has 1 atom stereocenters. The number of carbonyl (C=O) groups excluding carboxylic acids is 2. The van der Waals surface area contributed by atoms with Crippen LogP contribution in [0.25, 0.3) is 21.5 Å². The molecule has 68 heavy (non-hydrogen) atoms. The predicted molar refractivity (Wildman–Crippen MR) is 272 cm³/mol. The van der Waals surface area contributed by atoms with Gasteiger partial charge in [-0.05, 0) is 111 Å². The second-order valence-corrected chi connectivity index (χ2v) is 20.2. The lowest BCUT2D eigenvalue weighted by Crippen LogP contribution is -2.41. The van der Waals surface area contributed by atoms with Crippen molar-refractivity contribution in [2.24, 2.45) is 0 Å². The molecular weight excluding hydrogens is 871 g/mol. The molecule has 0 radical (unpaired) electrons. The number of ether oxygens (including phenoxy) is 2. The van der Waals surface area contributed by atoms with Crippen molar-refractivity contribution >= 4 is 66.4 Å². The molecule has 1 N–H and O–H groups in total. The first-order valence-electron chi connectivity index (χ1n) is 23.2. The van der Waals surface area contributed by atoms with Crippen molar-refractivity contribution < 1.29 is 32.0 Å². The Kier molecular flexibility index (Phi) is 12.4. The van der Waals surface area contributed by atoms with Crippen LogP contribution >= 0.6 is 0 Å². The lowest BCUT2D eigenvalue weighted by Gasteiger charge is -2.33. The Morgan fingerprint density at radius 1 is 0.706 bits per heavy atom. The summed E-state index contributed by atoms with van der Waals surface area (Å²) < 4.78 is 45.3. The molecule has 0 aromatic heterocycles. The zero-order chi connectivity index (χ0) is 48.0. The molecule has 0 saturated heterocycles. The van der Waals surface area contributed by atoms with Crippen LogP contribution in [-0.4, -0.2) is 57.3 Å². The monoisotopic (exact) mass is 927 g/mol. The highest BCUT2D eigenvalue weighted by Crippen LogP contribution is 2.52. The molecule has 1 aliphatic carbocycles. The third-order valence-electron chi connectivity index (χ3n) is 13.8. The molecule has 2 aliphatic heterocycles. The van der Waals surface area contributed by atoms with Crippen molar-refractivity contribution in [1.29, 1.82) is 0 Å². The van der Waals surface area contributed by atoms with Gasteiger partial charge >= 0.3 is 11.9 Å². The first-order chi connectivity index (χ1) is 32.6. The number of hydrogen-bond acceptors (Lipinski definition) is 9. The van der Waals surface area contributed by atoms with Gasteiger partial charge in [-0.25, -0.2) is 0 Å². The van der Waals surface area contributed by atoms with E-state index in [4.69, 9.17) is 9.47 Å². The third kappa shape index (κ3) is 8.61. The summed E-state index contributed by atoms with van der Waals surface area (Å²) in [5.74, 6) is -0.659. The minimum Gasteiger partial charge on any atom is -0.464 e. The molecule has 1 unspecified atom stereocenters. The van der Waals surface area contributed by atoms with Crippen LogP contribution in [0.5, 0.6) is 0 Å². The number of rotatable bonds is 13. The van der Waals surface area contributed by atoms with E-state index in [-0.39, 0.29) is 41.5 Å². The molecule has 0 spiro atoms. The van der Waals surface area contributed by atoms with E-state index in [1.165, 1.54) is 47.9 Å². The summed E-state index contributed by atoms with van der Waals surface area (Å²) in [7, 11) is -4.41. The summed E-state index contributed by atoms with van der Waals surface area (Å²) in [5, 5.41) is 3.97. The van der Waals surface area contributed by atoms with Gasteiger partial charge in [0.1, 0.15) is 13.2 Å². The Balaban J connectivity index is 1.20. The van der Waals surface area contributed by atoms with E-state index in [1.54, 1.807) is 6.07 Å². The van der Waals surface area contributed by atoms with Gasteiger partial charge in [0.25, 0.3) is 10.1 Å². The Bertz CT molecular complexity index is 3150. The van der Waals surface area contributed by atoms with Crippen molar-refractivity contribution in [2.75, 3.05) is 41.0 Å². The average Bonchev–Trinajstić information content (AvgIpc) is 3.88. The zero-order valence-corrected chi connectivity index (χ0v) is 40.2. The molecule has 0 bridgehead atoms. The highest BCUT2D eigenvalue weighted by molar-refractivity contribution is 7.85. The number of hydrogen-bond donors (Lipinski definition) is 1. The van der Waals surface area contributed by atoms with Gasteiger partial charge < -0.3 is 24.2 Å². The third-order valence-corrected chi connectivity index (χ3v) is 14.6. The normalized spacial score (nSPS) is 18.5. The number of fused-ring (bicyclic) bond motifs is 6. The number of carbonyl (C=O) groups is 2. The summed E-state index contributed by atoms with van der Waals surface area (Å²) in [6.07, 6.45) is 10.7. The van der Waals surface area contributed by atoms with Crippen LogP contribution in [0.15, 0.2) is 179 Å². The van der Waals surface area contributed by atoms with Crippen LogP contribution < -0.4 is 14.7 Å². The molecule has 6 aromatic rings. The van der Waals surface area contributed by atoms with E-state index in [2.05, 4.69) is 152 Å². The van der Waals surface area contributed by atoms with Gasteiger partial charge in [-0.15, -0.1) is 0 Å². The average molecular weight is 928 g/mol. The van der Waals surface area contributed by atoms with Gasteiger partial charge in [0.15, 0.2) is 0 Å². The van der Waals surface area contributed by atoms with Crippen molar-refractivity contribution in [2.45, 2.75) is 76.2 Å². The van der Waals surface area contributed by atoms with Gasteiger partial charge in [-0.2, -0.15) is 8.42 Å². The van der Waals surface area contributed by atoms with Crippen LogP contribution in [0.3, 0.4) is 0 Å². The molecule has 0 amide bonds. The number of anilines is 4. The molecule has 0 fully saturated rings. The van der Waals surface area contributed by atoms with Gasteiger partial charge in [0.2, 0.25) is 0 Å². The van der Waals surface area contributed by atoms with Gasteiger partial charge in [-0.3, -0.25) is 14.1 Å². The minimum absolute atomic E-state index is 0.0587. The maximum Gasteiger partial charge on any atom is 0.302 e. The Labute approximate surface area is 399 Å². The van der Waals surface area contributed by atoms with Crippen molar-refractivity contribution in [3.8, 4) is 0 Å². The summed E-state index contributed by atoms with van der Waals surface area (Å²) in [4.78, 5) is 30.8. The van der Waals surface area contributed by atoms with Crippen LogP contribution in [0.4, 0.5) is 22.7 Å². The van der Waals surface area contributed by atoms with E-state index in [9.17, 15) is 22.6 Å². The molecule has 11 heteroatoms. The molecule has 348 valence electrons. The predicted octanol–water partition coefficient (Wildman–Crippen LogP) is 11.9. The Morgan fingerprint density at radius 3 is 1.97 bits per heavy atom. The van der Waals surface area contributed by atoms with Gasteiger partial charge in [0, 0.05) is 53.1 Å². The van der Waals surface area contributed by atoms with Gasteiger partial charge in [-0.1, -0.05) is 125 Å². The van der Waals surface area contributed by atoms with E-state index in [0.29, 0.717) is 18.5 Å². The topological polar surface area (TPSA) is 117 Å². The molecule has 6 aromatic carbocycles. The summed E-state index contributed by atoms with van der Waals surface area (Å²) in [5.41, 5.74) is 9.94. The highest BCUT2D eigenvalue weighted by atomic mass is 32.2. The quantitative estimate of drug-likeness (QED) is 0.0886. The lowest BCUT2D eigenvalue weighted by molar-refractivity contribution is -0.141. The molecule has 10 nitrogen and oxygen atoms in total. The summed E-state index contributed by atoms with van der Waals surface area (Å²) in [6, 6.07) is 42.3. The van der Waals surface area contributed by atoms with E-state index >= 15 is 0 Å². The smallest absolute Gasteiger partial charge is 0.302 e. The summed E-state index contributed by atoms with van der Waals surface area (Å²) >= 11 is 0. The first-order valence-corrected chi connectivity index (χ1v) is 24.6. The number of benzene rings is 6. The maximum atomic E-state index is 12.2. The van der Waals surface area contributed by atoms with Crippen LogP contribution in [0, 0.1) is 0 Å². The van der Waals surface area contributed by atoms with Crippen molar-refractivity contribution in [1.82, 2.24) is 0 Å². The van der Waals surface area contributed by atoms with E-state index < -0.39 is 15.5 Å². The Morgan fingerprint density at radius 2 is 1.31 bits per heavy atom. The first kappa shape index (κ1) is 46.2. The highest BCUT2D eigenvalue weighted by Gasteiger charge is 2.45. The fourth-order valence-electron chi connectivity index (χ4n) is 10.8.